The molecule has 2 heterocycles. The summed E-state index contributed by atoms with van der Waals surface area (Å²) < 4.78 is 11.1. The van der Waals surface area contributed by atoms with Crippen molar-refractivity contribution in [3.8, 4) is 0 Å². The van der Waals surface area contributed by atoms with Gasteiger partial charge in [0.15, 0.2) is 0 Å². The van der Waals surface area contributed by atoms with Crippen molar-refractivity contribution < 1.29 is 9.15 Å². The Balaban J connectivity index is 1.95. The third kappa shape index (κ3) is 3.31. The van der Waals surface area contributed by atoms with Crippen LogP contribution in [-0.2, 0) is 11.2 Å². The highest BCUT2D eigenvalue weighted by Crippen LogP contribution is 2.28. The van der Waals surface area contributed by atoms with Gasteiger partial charge >= 0.3 is 0 Å². The first kappa shape index (κ1) is 12.6. The lowest BCUT2D eigenvalue weighted by Gasteiger charge is -2.25. The topological polar surface area (TPSA) is 60.4 Å². The maximum Gasteiger partial charge on any atom is 0.122 e. The third-order valence-electron chi connectivity index (χ3n) is 3.49. The average molecular weight is 238 g/mol. The molecule has 0 aliphatic carbocycles. The van der Waals surface area contributed by atoms with E-state index in [4.69, 9.17) is 15.0 Å². The van der Waals surface area contributed by atoms with Gasteiger partial charge in [-0.1, -0.05) is 6.92 Å². The van der Waals surface area contributed by atoms with Crippen LogP contribution in [0.2, 0.25) is 0 Å². The molecule has 0 radical (unpaired) electrons. The van der Waals surface area contributed by atoms with E-state index in [-0.39, 0.29) is 6.04 Å². The summed E-state index contributed by atoms with van der Waals surface area (Å²) in [6.07, 6.45) is 4.20. The molecule has 1 atom stereocenters. The van der Waals surface area contributed by atoms with Crippen molar-refractivity contribution in [3.63, 3.8) is 0 Å². The second-order valence-corrected chi connectivity index (χ2v) is 4.67. The number of aryl methyl sites for hydroxylation is 1. The highest BCUT2D eigenvalue weighted by Gasteiger charge is 2.21. The summed E-state index contributed by atoms with van der Waals surface area (Å²) in [5.41, 5.74) is 2.87. The Labute approximate surface area is 102 Å². The van der Waals surface area contributed by atoms with Gasteiger partial charge in [-0.05, 0) is 37.3 Å². The van der Waals surface area contributed by atoms with E-state index >= 15 is 0 Å². The zero-order valence-corrected chi connectivity index (χ0v) is 10.4. The van der Waals surface area contributed by atoms with Crippen molar-refractivity contribution in [2.45, 2.75) is 38.6 Å². The van der Waals surface area contributed by atoms with Crippen molar-refractivity contribution in [1.29, 1.82) is 0 Å². The molecule has 0 saturated carbocycles. The molecule has 1 saturated heterocycles. The quantitative estimate of drug-likeness (QED) is 0.609. The minimum absolute atomic E-state index is 0.124. The van der Waals surface area contributed by atoms with E-state index in [1.807, 2.05) is 12.1 Å². The molecule has 1 aromatic heterocycles. The van der Waals surface area contributed by atoms with Crippen molar-refractivity contribution in [2.24, 2.45) is 11.8 Å². The van der Waals surface area contributed by atoms with Gasteiger partial charge in [-0.2, -0.15) is 0 Å². The number of furan rings is 1. The molecule has 1 fully saturated rings. The highest BCUT2D eigenvalue weighted by atomic mass is 16.5. The molecule has 1 aliphatic rings. The van der Waals surface area contributed by atoms with E-state index in [1.54, 1.807) is 0 Å². The first-order valence-electron chi connectivity index (χ1n) is 6.46. The second-order valence-electron chi connectivity index (χ2n) is 4.67. The van der Waals surface area contributed by atoms with Crippen LogP contribution in [0.5, 0.6) is 0 Å². The monoisotopic (exact) mass is 238 g/mol. The van der Waals surface area contributed by atoms with Crippen LogP contribution < -0.4 is 11.3 Å². The minimum Gasteiger partial charge on any atom is -0.464 e. The smallest absolute Gasteiger partial charge is 0.122 e. The third-order valence-corrected chi connectivity index (χ3v) is 3.49. The summed E-state index contributed by atoms with van der Waals surface area (Å²) in [6, 6.07) is 4.19. The lowest BCUT2D eigenvalue weighted by Crippen LogP contribution is -2.30. The molecular weight excluding hydrogens is 216 g/mol. The summed E-state index contributed by atoms with van der Waals surface area (Å²) in [7, 11) is 0. The van der Waals surface area contributed by atoms with Crippen LogP contribution in [0.4, 0.5) is 0 Å². The molecule has 3 N–H and O–H groups in total. The molecular formula is C13H22N2O2. The number of nitrogens with two attached hydrogens (primary N) is 1. The molecule has 2 rings (SSSR count). The summed E-state index contributed by atoms with van der Waals surface area (Å²) in [5.74, 6) is 8.29. The van der Waals surface area contributed by atoms with Crippen LogP contribution in [0.25, 0.3) is 0 Å². The number of hydrogen-bond donors (Lipinski definition) is 2. The van der Waals surface area contributed by atoms with Crippen LogP contribution in [0.1, 0.15) is 43.7 Å². The Hall–Kier alpha value is -0.840. The van der Waals surface area contributed by atoms with Gasteiger partial charge in [-0.15, -0.1) is 0 Å². The van der Waals surface area contributed by atoms with Gasteiger partial charge in [0, 0.05) is 19.6 Å². The summed E-state index contributed by atoms with van der Waals surface area (Å²) in [6.45, 7) is 3.84. The van der Waals surface area contributed by atoms with Gasteiger partial charge < -0.3 is 9.15 Å². The van der Waals surface area contributed by atoms with Crippen LogP contribution >= 0.6 is 0 Å². The van der Waals surface area contributed by atoms with Gasteiger partial charge in [0.1, 0.15) is 11.5 Å². The summed E-state index contributed by atoms with van der Waals surface area (Å²) >= 11 is 0. The Bertz CT molecular complexity index is 332. The minimum atomic E-state index is 0.124. The summed E-state index contributed by atoms with van der Waals surface area (Å²) in [4.78, 5) is 0. The van der Waals surface area contributed by atoms with Crippen LogP contribution in [-0.4, -0.2) is 13.2 Å². The molecule has 1 unspecified atom stereocenters. The van der Waals surface area contributed by atoms with Crippen LogP contribution in [0.15, 0.2) is 16.5 Å². The molecule has 4 heteroatoms. The van der Waals surface area contributed by atoms with E-state index in [9.17, 15) is 0 Å². The fourth-order valence-electron chi connectivity index (χ4n) is 2.35. The molecule has 1 aliphatic heterocycles. The highest BCUT2D eigenvalue weighted by molar-refractivity contribution is 5.10. The van der Waals surface area contributed by atoms with E-state index in [0.29, 0.717) is 5.92 Å². The average Bonchev–Trinajstić information content (AvgIpc) is 2.86. The van der Waals surface area contributed by atoms with E-state index in [2.05, 4.69) is 12.3 Å². The number of hydrogen-bond acceptors (Lipinski definition) is 4. The van der Waals surface area contributed by atoms with Gasteiger partial charge in [0.25, 0.3) is 0 Å². The maximum atomic E-state index is 5.75. The molecule has 0 bridgehead atoms. The second kappa shape index (κ2) is 6.19. The predicted molar refractivity (Wildman–Crippen MR) is 66.3 cm³/mol. The van der Waals surface area contributed by atoms with Crippen molar-refractivity contribution in [3.05, 3.63) is 23.7 Å². The van der Waals surface area contributed by atoms with Crippen LogP contribution in [0.3, 0.4) is 0 Å². The molecule has 1 aromatic rings. The van der Waals surface area contributed by atoms with Gasteiger partial charge in [0.2, 0.25) is 0 Å². The first-order valence-corrected chi connectivity index (χ1v) is 6.46. The van der Waals surface area contributed by atoms with Gasteiger partial charge in [0.05, 0.1) is 6.04 Å². The predicted octanol–water partition coefficient (Wildman–Crippen LogP) is 2.16. The Morgan fingerprint density at radius 2 is 2.18 bits per heavy atom. The van der Waals surface area contributed by atoms with Crippen molar-refractivity contribution in [1.82, 2.24) is 5.43 Å². The van der Waals surface area contributed by atoms with Gasteiger partial charge in [-0.3, -0.25) is 5.84 Å². The number of hydrazine groups is 1. The van der Waals surface area contributed by atoms with Crippen LogP contribution in [0, 0.1) is 5.92 Å². The van der Waals surface area contributed by atoms with Gasteiger partial charge in [-0.25, -0.2) is 5.43 Å². The fraction of sp³-hybridized carbons (Fsp3) is 0.692. The first-order chi connectivity index (χ1) is 8.33. The molecule has 96 valence electrons. The van der Waals surface area contributed by atoms with E-state index < -0.39 is 0 Å². The summed E-state index contributed by atoms with van der Waals surface area (Å²) in [5, 5.41) is 0. The van der Waals surface area contributed by atoms with Crippen molar-refractivity contribution >= 4 is 0 Å². The van der Waals surface area contributed by atoms with E-state index in [1.165, 1.54) is 0 Å². The molecule has 17 heavy (non-hydrogen) atoms. The number of nitrogens with one attached hydrogen (secondary N) is 1. The maximum absolute atomic E-state index is 5.75. The standard InChI is InChI=1S/C13H22N2O2/c1-2-11-3-4-13(17-11)12(15-14)9-10-5-7-16-8-6-10/h3-4,10,12,15H,2,5-9,14H2,1H3. The molecule has 4 nitrogen and oxygen atoms in total. The lowest BCUT2D eigenvalue weighted by molar-refractivity contribution is 0.0596. The zero-order chi connectivity index (χ0) is 12.1. The fourth-order valence-corrected chi connectivity index (χ4v) is 2.35. The number of ether oxygens (including phenoxy) is 1. The number of rotatable bonds is 5. The van der Waals surface area contributed by atoms with Crippen molar-refractivity contribution in [2.75, 3.05) is 13.2 Å². The SMILES string of the molecule is CCc1ccc(C(CC2CCOCC2)NN)o1. The Morgan fingerprint density at radius 1 is 1.41 bits per heavy atom. The molecule has 0 amide bonds. The zero-order valence-electron chi connectivity index (χ0n) is 10.4. The Kier molecular flexibility index (Phi) is 4.59. The normalized spacial score (nSPS) is 19.4. The largest absolute Gasteiger partial charge is 0.464 e. The Morgan fingerprint density at radius 3 is 2.76 bits per heavy atom. The van der Waals surface area contributed by atoms with E-state index in [0.717, 1.165) is 50.4 Å². The molecule has 0 spiro atoms. The lowest BCUT2D eigenvalue weighted by atomic mass is 9.92. The molecule has 0 aromatic carbocycles.